The molecule has 1 aromatic heterocycles. The highest BCUT2D eigenvalue weighted by atomic mass is 32.2. The molecule has 7 nitrogen and oxygen atoms in total. The summed E-state index contributed by atoms with van der Waals surface area (Å²) in [4.78, 5) is 12.7. The van der Waals surface area contributed by atoms with E-state index in [9.17, 15) is 13.2 Å². The second kappa shape index (κ2) is 8.17. The summed E-state index contributed by atoms with van der Waals surface area (Å²) in [6.45, 7) is 8.78. The highest BCUT2D eigenvalue weighted by molar-refractivity contribution is 7.89. The van der Waals surface area contributed by atoms with Crippen molar-refractivity contribution in [2.24, 2.45) is 0 Å². The number of nitrogens with zero attached hydrogens (tertiary/aromatic N) is 2. The molecule has 0 aliphatic heterocycles. The first-order valence-corrected chi connectivity index (χ1v) is 10.1. The second-order valence-corrected chi connectivity index (χ2v) is 9.07. The maximum Gasteiger partial charge on any atom is 0.273 e. The van der Waals surface area contributed by atoms with Crippen molar-refractivity contribution in [1.82, 2.24) is 9.46 Å². The number of hydrogen-bond acceptors (Lipinski definition) is 6. The van der Waals surface area contributed by atoms with Crippen LogP contribution in [0.15, 0.2) is 33.7 Å². The van der Waals surface area contributed by atoms with Crippen LogP contribution in [0.1, 0.15) is 48.1 Å². The van der Waals surface area contributed by atoms with Crippen LogP contribution < -0.4 is 0 Å². The van der Waals surface area contributed by atoms with Crippen LogP contribution in [-0.4, -0.2) is 35.9 Å². The summed E-state index contributed by atoms with van der Waals surface area (Å²) in [7, 11) is -4.21. The maximum absolute atomic E-state index is 13.0. The van der Waals surface area contributed by atoms with Crippen molar-refractivity contribution in [3.8, 4) is 12.3 Å². The molecular formula is C20H24N2O5S. The van der Waals surface area contributed by atoms with E-state index >= 15 is 0 Å². The first-order chi connectivity index (χ1) is 13.0. The zero-order valence-electron chi connectivity index (χ0n) is 16.6. The molecule has 2 rings (SSSR count). The fraction of sp³-hybridized carbons (Fsp3) is 0.400. The molecule has 0 unspecified atom stereocenters. The summed E-state index contributed by atoms with van der Waals surface area (Å²) >= 11 is 0. The van der Waals surface area contributed by atoms with E-state index < -0.39 is 22.5 Å². The average molecular weight is 404 g/mol. The quantitative estimate of drug-likeness (QED) is 0.688. The minimum Gasteiger partial charge on any atom is -0.371 e. The monoisotopic (exact) mass is 404 g/mol. The summed E-state index contributed by atoms with van der Waals surface area (Å²) in [5.74, 6) is 1.61. The number of benzene rings is 1. The molecule has 8 heteroatoms. The van der Waals surface area contributed by atoms with Gasteiger partial charge in [0.05, 0.1) is 18.8 Å². The van der Waals surface area contributed by atoms with Gasteiger partial charge in [-0.2, -0.15) is 0 Å². The first-order valence-electron chi connectivity index (χ1n) is 8.63. The van der Waals surface area contributed by atoms with Gasteiger partial charge in [0.1, 0.15) is 5.69 Å². The number of rotatable bonds is 6. The van der Waals surface area contributed by atoms with Crippen molar-refractivity contribution >= 4 is 15.9 Å². The molecule has 0 saturated carbocycles. The number of amides is 1. The Balaban J connectivity index is 2.32. The van der Waals surface area contributed by atoms with Crippen molar-refractivity contribution in [2.75, 3.05) is 6.54 Å². The highest BCUT2D eigenvalue weighted by Crippen LogP contribution is 2.25. The van der Waals surface area contributed by atoms with Crippen molar-refractivity contribution in [3.63, 3.8) is 0 Å². The van der Waals surface area contributed by atoms with Gasteiger partial charge < -0.3 is 9.26 Å². The zero-order valence-corrected chi connectivity index (χ0v) is 17.5. The minimum atomic E-state index is -4.21. The fourth-order valence-corrected chi connectivity index (χ4v) is 4.09. The summed E-state index contributed by atoms with van der Waals surface area (Å²) in [6, 6.07) is 6.54. The number of hydrogen-bond donors (Lipinski definition) is 0. The van der Waals surface area contributed by atoms with E-state index in [1.165, 1.54) is 13.8 Å². The van der Waals surface area contributed by atoms with E-state index in [0.717, 1.165) is 5.56 Å². The average Bonchev–Trinajstić information content (AvgIpc) is 2.96. The van der Waals surface area contributed by atoms with Gasteiger partial charge in [0, 0.05) is 5.56 Å². The molecular weight excluding hydrogens is 380 g/mol. The molecule has 0 radical (unpaired) electrons. The number of ether oxygens (including phenoxy) is 1. The standard InChI is InChI=1S/C20H24N2O5S/c1-7-12-22(28(24,25)18-14(2)21-27-15(18)3)19(23)17-10-8-16(9-11-17)13-26-20(4,5)6/h1,8-11H,12-13H2,2-6H3. The van der Waals surface area contributed by atoms with Crippen molar-refractivity contribution in [3.05, 3.63) is 46.8 Å². The lowest BCUT2D eigenvalue weighted by atomic mass is 10.1. The van der Waals surface area contributed by atoms with Crippen LogP contribution >= 0.6 is 0 Å². The fourth-order valence-electron chi connectivity index (χ4n) is 2.49. The van der Waals surface area contributed by atoms with Gasteiger partial charge in [0.25, 0.3) is 15.9 Å². The molecule has 0 fully saturated rings. The minimum absolute atomic E-state index is 0.0991. The third-order valence-electron chi connectivity index (χ3n) is 3.85. The molecule has 2 aromatic rings. The predicted octanol–water partition coefficient (Wildman–Crippen LogP) is 3.07. The molecule has 0 saturated heterocycles. The number of aryl methyl sites for hydroxylation is 2. The van der Waals surface area contributed by atoms with Gasteiger partial charge in [-0.3, -0.25) is 4.79 Å². The second-order valence-electron chi connectivity index (χ2n) is 7.27. The lowest BCUT2D eigenvalue weighted by Crippen LogP contribution is -2.37. The largest absolute Gasteiger partial charge is 0.371 e. The van der Waals surface area contributed by atoms with Crippen LogP contribution in [0.5, 0.6) is 0 Å². The molecule has 1 heterocycles. The van der Waals surface area contributed by atoms with Crippen molar-refractivity contribution in [1.29, 1.82) is 0 Å². The van der Waals surface area contributed by atoms with E-state index in [1.807, 2.05) is 20.8 Å². The van der Waals surface area contributed by atoms with E-state index in [2.05, 4.69) is 11.1 Å². The van der Waals surface area contributed by atoms with Gasteiger partial charge in [-0.25, -0.2) is 12.7 Å². The Hall–Kier alpha value is -2.63. The van der Waals surface area contributed by atoms with Crippen molar-refractivity contribution in [2.45, 2.75) is 51.7 Å². The molecule has 1 amide bonds. The van der Waals surface area contributed by atoms with Gasteiger partial charge in [0.2, 0.25) is 0 Å². The molecule has 0 aliphatic rings. The molecule has 0 bridgehead atoms. The van der Waals surface area contributed by atoms with Crippen LogP contribution in [0, 0.1) is 26.2 Å². The van der Waals surface area contributed by atoms with Crippen LogP contribution in [0.2, 0.25) is 0 Å². The summed E-state index contributed by atoms with van der Waals surface area (Å²) in [5.41, 5.74) is 0.941. The third kappa shape index (κ3) is 4.80. The van der Waals surface area contributed by atoms with Gasteiger partial charge in [0.15, 0.2) is 10.7 Å². The van der Waals surface area contributed by atoms with E-state index in [-0.39, 0.29) is 27.5 Å². The lowest BCUT2D eigenvalue weighted by Gasteiger charge is -2.21. The smallest absolute Gasteiger partial charge is 0.273 e. The Morgan fingerprint density at radius 2 is 1.86 bits per heavy atom. The lowest BCUT2D eigenvalue weighted by molar-refractivity contribution is -0.0149. The Bertz CT molecular complexity index is 973. The Kier molecular flexibility index (Phi) is 6.32. The SMILES string of the molecule is C#CCN(C(=O)c1ccc(COC(C)(C)C)cc1)S(=O)(=O)c1c(C)noc1C. The predicted molar refractivity (Wildman–Crippen MR) is 104 cm³/mol. The maximum atomic E-state index is 13.0. The topological polar surface area (TPSA) is 89.7 Å². The molecule has 1 aromatic carbocycles. The number of sulfonamides is 1. The van der Waals surface area contributed by atoms with E-state index in [0.29, 0.717) is 10.9 Å². The van der Waals surface area contributed by atoms with Gasteiger partial charge in [-0.1, -0.05) is 23.2 Å². The van der Waals surface area contributed by atoms with Gasteiger partial charge >= 0.3 is 0 Å². The Morgan fingerprint density at radius 1 is 1.25 bits per heavy atom. The molecule has 0 atom stereocenters. The number of carbonyl (C=O) groups is 1. The Labute approximate surface area is 165 Å². The van der Waals surface area contributed by atoms with Crippen LogP contribution in [0.3, 0.4) is 0 Å². The van der Waals surface area contributed by atoms with Crippen molar-refractivity contribution < 1.29 is 22.5 Å². The molecule has 0 aliphatic carbocycles. The van der Waals surface area contributed by atoms with Crippen LogP contribution in [-0.2, 0) is 21.4 Å². The summed E-state index contributed by atoms with van der Waals surface area (Å²) in [5, 5.41) is 3.65. The molecule has 28 heavy (non-hydrogen) atoms. The van der Waals surface area contributed by atoms with E-state index in [1.54, 1.807) is 24.3 Å². The molecule has 0 spiro atoms. The zero-order chi connectivity index (χ0) is 21.1. The Morgan fingerprint density at radius 3 is 2.32 bits per heavy atom. The van der Waals surface area contributed by atoms with Crippen LogP contribution in [0.4, 0.5) is 0 Å². The third-order valence-corrected chi connectivity index (χ3v) is 5.82. The van der Waals surface area contributed by atoms with Crippen LogP contribution in [0.25, 0.3) is 0 Å². The van der Waals surface area contributed by atoms with Gasteiger partial charge in [-0.15, -0.1) is 6.42 Å². The summed E-state index contributed by atoms with van der Waals surface area (Å²) < 4.78 is 37.3. The molecule has 0 N–H and O–H groups in total. The summed E-state index contributed by atoms with van der Waals surface area (Å²) in [6.07, 6.45) is 5.31. The number of carbonyl (C=O) groups excluding carboxylic acids is 1. The first kappa shape index (κ1) is 21.7. The highest BCUT2D eigenvalue weighted by Gasteiger charge is 2.34. The normalized spacial score (nSPS) is 11.9. The van der Waals surface area contributed by atoms with Gasteiger partial charge in [-0.05, 0) is 52.3 Å². The van der Waals surface area contributed by atoms with E-state index in [4.69, 9.17) is 15.7 Å². The molecule has 150 valence electrons. The number of aromatic nitrogens is 1. The number of terminal acetylenes is 1.